The van der Waals surface area contributed by atoms with Gasteiger partial charge in [-0.05, 0) is 48.4 Å². The van der Waals surface area contributed by atoms with Crippen LogP contribution in [-0.2, 0) is 4.79 Å². The molecule has 0 aliphatic heterocycles. The van der Waals surface area contributed by atoms with Crippen LogP contribution in [0, 0.1) is 18.3 Å². The number of nitriles is 1. The van der Waals surface area contributed by atoms with E-state index in [-0.39, 0.29) is 5.57 Å². The summed E-state index contributed by atoms with van der Waals surface area (Å²) in [5.41, 5.74) is 2.04. The summed E-state index contributed by atoms with van der Waals surface area (Å²) in [6.07, 6.45) is 3.11. The standard InChI is InChI=1S/C22H22N2O4/c1-5-10-28-20-9-7-16(13-21(20)27-4)12-17(14-23)22(25)24-18-11-15(2)6-8-19(18)26-3/h5-9,11-13H,1,10H2,2-4H3,(H,24,25)/b17-12+. The van der Waals surface area contributed by atoms with Crippen molar-refractivity contribution in [2.45, 2.75) is 6.92 Å². The summed E-state index contributed by atoms with van der Waals surface area (Å²) in [4.78, 5) is 12.6. The van der Waals surface area contributed by atoms with Crippen molar-refractivity contribution >= 4 is 17.7 Å². The third-order valence-corrected chi connectivity index (χ3v) is 3.82. The van der Waals surface area contributed by atoms with Crippen LogP contribution in [0.4, 0.5) is 5.69 Å². The first kappa shape index (κ1) is 20.6. The first-order valence-corrected chi connectivity index (χ1v) is 8.52. The van der Waals surface area contributed by atoms with Gasteiger partial charge in [-0.25, -0.2) is 0 Å². The number of nitrogens with one attached hydrogen (secondary N) is 1. The highest BCUT2D eigenvalue weighted by Crippen LogP contribution is 2.29. The monoisotopic (exact) mass is 378 g/mol. The Morgan fingerprint density at radius 1 is 1.14 bits per heavy atom. The smallest absolute Gasteiger partial charge is 0.266 e. The van der Waals surface area contributed by atoms with Gasteiger partial charge in [0.2, 0.25) is 0 Å². The summed E-state index contributed by atoms with van der Waals surface area (Å²) in [6, 6.07) is 12.5. The quantitative estimate of drug-likeness (QED) is 0.424. The van der Waals surface area contributed by atoms with Crippen molar-refractivity contribution in [3.05, 3.63) is 65.8 Å². The lowest BCUT2D eigenvalue weighted by atomic mass is 10.1. The minimum Gasteiger partial charge on any atom is -0.495 e. The van der Waals surface area contributed by atoms with Crippen LogP contribution in [0.3, 0.4) is 0 Å². The van der Waals surface area contributed by atoms with Gasteiger partial charge in [0.25, 0.3) is 5.91 Å². The fourth-order valence-electron chi connectivity index (χ4n) is 2.47. The topological polar surface area (TPSA) is 80.6 Å². The van der Waals surface area contributed by atoms with Gasteiger partial charge in [0.1, 0.15) is 24.0 Å². The van der Waals surface area contributed by atoms with Crippen molar-refractivity contribution in [3.8, 4) is 23.3 Å². The van der Waals surface area contributed by atoms with E-state index in [9.17, 15) is 10.1 Å². The Bertz CT molecular complexity index is 942. The van der Waals surface area contributed by atoms with Crippen molar-refractivity contribution < 1.29 is 19.0 Å². The molecule has 6 heteroatoms. The SMILES string of the molecule is C=CCOc1ccc(/C=C(\C#N)C(=O)Nc2cc(C)ccc2OC)cc1OC. The highest BCUT2D eigenvalue weighted by molar-refractivity contribution is 6.10. The number of ether oxygens (including phenoxy) is 3. The molecule has 0 aliphatic carbocycles. The molecule has 0 radical (unpaired) electrons. The summed E-state index contributed by atoms with van der Waals surface area (Å²) in [6.45, 7) is 5.85. The Morgan fingerprint density at radius 2 is 1.86 bits per heavy atom. The number of hydrogen-bond acceptors (Lipinski definition) is 5. The zero-order valence-corrected chi connectivity index (χ0v) is 16.1. The molecule has 6 nitrogen and oxygen atoms in total. The van der Waals surface area contributed by atoms with Crippen LogP contribution in [0.25, 0.3) is 6.08 Å². The van der Waals surface area contributed by atoms with Gasteiger partial charge in [0.05, 0.1) is 19.9 Å². The number of hydrogen-bond donors (Lipinski definition) is 1. The summed E-state index contributed by atoms with van der Waals surface area (Å²) >= 11 is 0. The number of rotatable bonds is 8. The van der Waals surface area contributed by atoms with E-state index in [1.807, 2.05) is 19.1 Å². The van der Waals surface area contributed by atoms with Gasteiger partial charge in [0.15, 0.2) is 11.5 Å². The Hall–Kier alpha value is -3.72. The molecule has 28 heavy (non-hydrogen) atoms. The zero-order chi connectivity index (χ0) is 20.5. The molecular weight excluding hydrogens is 356 g/mol. The molecule has 0 spiro atoms. The number of benzene rings is 2. The normalized spacial score (nSPS) is 10.6. The number of carbonyl (C=O) groups is 1. The summed E-state index contributed by atoms with van der Waals surface area (Å²) < 4.78 is 16.1. The van der Waals surface area contributed by atoms with E-state index in [2.05, 4.69) is 11.9 Å². The molecule has 0 unspecified atom stereocenters. The van der Waals surface area contributed by atoms with Gasteiger partial charge in [-0.3, -0.25) is 4.79 Å². The van der Waals surface area contributed by atoms with Crippen LogP contribution < -0.4 is 19.5 Å². The summed E-state index contributed by atoms with van der Waals surface area (Å²) in [7, 11) is 3.04. The minimum atomic E-state index is -0.530. The second-order valence-electron chi connectivity index (χ2n) is 5.84. The minimum absolute atomic E-state index is 0.0506. The van der Waals surface area contributed by atoms with Gasteiger partial charge in [0, 0.05) is 0 Å². The lowest BCUT2D eigenvalue weighted by molar-refractivity contribution is -0.112. The van der Waals surface area contributed by atoms with E-state index >= 15 is 0 Å². The highest BCUT2D eigenvalue weighted by Gasteiger charge is 2.13. The van der Waals surface area contributed by atoms with E-state index in [0.717, 1.165) is 5.56 Å². The maximum Gasteiger partial charge on any atom is 0.266 e. The van der Waals surface area contributed by atoms with Gasteiger partial charge in [-0.2, -0.15) is 5.26 Å². The molecular formula is C22H22N2O4. The van der Waals surface area contributed by atoms with Crippen molar-refractivity contribution in [3.63, 3.8) is 0 Å². The Balaban J connectivity index is 2.28. The molecule has 0 aliphatic rings. The number of nitrogens with zero attached hydrogens (tertiary/aromatic N) is 1. The van der Waals surface area contributed by atoms with Crippen LogP contribution in [0.5, 0.6) is 17.2 Å². The molecule has 2 aromatic rings. The fraction of sp³-hybridized carbons (Fsp3) is 0.182. The molecule has 0 saturated carbocycles. The van der Waals surface area contributed by atoms with Gasteiger partial charge in [-0.15, -0.1) is 0 Å². The molecule has 0 bridgehead atoms. The average molecular weight is 378 g/mol. The predicted octanol–water partition coefficient (Wildman–Crippen LogP) is 4.12. The largest absolute Gasteiger partial charge is 0.495 e. The lowest BCUT2D eigenvalue weighted by Crippen LogP contribution is -2.14. The molecule has 0 saturated heterocycles. The third-order valence-electron chi connectivity index (χ3n) is 3.82. The molecule has 0 heterocycles. The van der Waals surface area contributed by atoms with Crippen LogP contribution in [0.1, 0.15) is 11.1 Å². The number of amides is 1. The number of anilines is 1. The second-order valence-corrected chi connectivity index (χ2v) is 5.84. The third kappa shape index (κ3) is 5.15. The van der Waals surface area contributed by atoms with Crippen molar-refractivity contribution in [1.82, 2.24) is 0 Å². The molecule has 0 atom stereocenters. The lowest BCUT2D eigenvalue weighted by Gasteiger charge is -2.11. The van der Waals surface area contributed by atoms with Crippen LogP contribution in [0.2, 0.25) is 0 Å². The van der Waals surface area contributed by atoms with Gasteiger partial charge < -0.3 is 19.5 Å². The molecule has 2 rings (SSSR count). The second kappa shape index (κ2) is 9.83. The molecule has 0 fully saturated rings. The van der Waals surface area contributed by atoms with Crippen LogP contribution >= 0.6 is 0 Å². The van der Waals surface area contributed by atoms with Crippen molar-refractivity contribution in [2.75, 3.05) is 26.1 Å². The number of aryl methyl sites for hydroxylation is 1. The molecule has 2 aromatic carbocycles. The number of carbonyl (C=O) groups excluding carboxylic acids is 1. The van der Waals surface area contributed by atoms with E-state index in [1.54, 1.807) is 36.4 Å². The van der Waals surface area contributed by atoms with E-state index in [4.69, 9.17) is 14.2 Å². The molecule has 144 valence electrons. The highest BCUT2D eigenvalue weighted by atomic mass is 16.5. The molecule has 1 amide bonds. The van der Waals surface area contributed by atoms with Gasteiger partial charge >= 0.3 is 0 Å². The van der Waals surface area contributed by atoms with Crippen molar-refractivity contribution in [1.29, 1.82) is 5.26 Å². The first-order chi connectivity index (χ1) is 13.5. The van der Waals surface area contributed by atoms with E-state index in [1.165, 1.54) is 20.3 Å². The molecule has 0 aromatic heterocycles. The molecule has 1 N–H and O–H groups in total. The van der Waals surface area contributed by atoms with Gasteiger partial charge in [-0.1, -0.05) is 24.8 Å². The zero-order valence-electron chi connectivity index (χ0n) is 16.1. The van der Waals surface area contributed by atoms with E-state index in [0.29, 0.717) is 35.1 Å². The maximum absolute atomic E-state index is 12.6. The van der Waals surface area contributed by atoms with Crippen LogP contribution in [0.15, 0.2) is 54.6 Å². The Labute approximate surface area is 164 Å². The van der Waals surface area contributed by atoms with E-state index < -0.39 is 5.91 Å². The Kier molecular flexibility index (Phi) is 7.23. The van der Waals surface area contributed by atoms with Crippen molar-refractivity contribution in [2.24, 2.45) is 0 Å². The maximum atomic E-state index is 12.6. The average Bonchev–Trinajstić information content (AvgIpc) is 2.70. The van der Waals surface area contributed by atoms with Crippen LogP contribution in [-0.4, -0.2) is 26.7 Å². The summed E-state index contributed by atoms with van der Waals surface area (Å²) in [5.74, 6) is 1.03. The Morgan fingerprint density at radius 3 is 2.50 bits per heavy atom. The summed E-state index contributed by atoms with van der Waals surface area (Å²) in [5, 5.41) is 12.2. The first-order valence-electron chi connectivity index (χ1n) is 8.52. The fourth-order valence-corrected chi connectivity index (χ4v) is 2.47. The number of methoxy groups -OCH3 is 2. The predicted molar refractivity (Wildman–Crippen MR) is 109 cm³/mol.